The molecule has 0 unspecified atom stereocenters. The normalized spacial score (nSPS) is 5.40. The van der Waals surface area contributed by atoms with Crippen LogP contribution in [0.3, 0.4) is 0 Å². The van der Waals surface area contributed by atoms with Gasteiger partial charge in [0.25, 0.3) is 0 Å². The fourth-order valence-corrected chi connectivity index (χ4v) is 0. The third-order valence-electron chi connectivity index (χ3n) is 0. The number of hydrogen-bond acceptors (Lipinski definition) is 3. The van der Waals surface area contributed by atoms with Gasteiger partial charge in [0.2, 0.25) is 0 Å². The minimum atomic E-state index is 0. The van der Waals surface area contributed by atoms with Crippen molar-refractivity contribution in [2.24, 2.45) is 0 Å². The Morgan fingerprint density at radius 1 is 0.700 bits per heavy atom. The van der Waals surface area contributed by atoms with Crippen LogP contribution in [0.4, 0.5) is 0 Å². The molecular weight excluding hydrogens is 347 g/mol. The smallest absolute Gasteiger partial charge is 0.855 e. The van der Waals surface area contributed by atoms with Crippen molar-refractivity contribution in [3.05, 3.63) is 0 Å². The summed E-state index contributed by atoms with van der Waals surface area (Å²) in [5.74, 6) is 0. The third-order valence-corrected chi connectivity index (χ3v) is 0. The Labute approximate surface area is 99.0 Å². The van der Waals surface area contributed by atoms with Crippen molar-refractivity contribution >= 4 is 0 Å². The van der Waals surface area contributed by atoms with Gasteiger partial charge < -0.3 is 15.3 Å². The molecule has 0 saturated heterocycles. The van der Waals surface area contributed by atoms with Crippen molar-refractivity contribution in [3.63, 3.8) is 0 Å². The second-order valence-electron chi connectivity index (χ2n) is 0.866. The predicted molar refractivity (Wildman–Crippen MR) is 31.6 cm³/mol. The van der Waals surface area contributed by atoms with Crippen LogP contribution in [0.5, 0.6) is 0 Å². The molecule has 0 radical (unpaired) electrons. The second kappa shape index (κ2) is 48.0. The molecule has 0 atom stereocenters. The maximum Gasteiger partial charge on any atom is 3.00 e. The molecule has 0 aliphatic rings. The van der Waals surface area contributed by atoms with E-state index >= 15 is 0 Å². The maximum atomic E-state index is 8.93. The summed E-state index contributed by atoms with van der Waals surface area (Å²) in [6, 6.07) is 0. The van der Waals surface area contributed by atoms with Crippen LogP contribution in [0.15, 0.2) is 0 Å². The summed E-state index contributed by atoms with van der Waals surface area (Å²) in [4.78, 5) is 0. The molecule has 0 aliphatic carbocycles. The van der Waals surface area contributed by atoms with Crippen molar-refractivity contribution in [1.82, 2.24) is 0 Å². The first kappa shape index (κ1) is 22.5. The van der Waals surface area contributed by atoms with Crippen molar-refractivity contribution in [2.75, 3.05) is 19.8 Å². The van der Waals surface area contributed by atoms with Gasteiger partial charge in [-0.2, -0.15) is 0 Å². The Morgan fingerprint density at radius 2 is 0.700 bits per heavy atom. The molecule has 10 heavy (non-hydrogen) atoms. The summed E-state index contributed by atoms with van der Waals surface area (Å²) in [5, 5.41) is 26.8. The van der Waals surface area contributed by atoms with Crippen LogP contribution in [-0.4, -0.2) is 19.8 Å². The molecule has 0 aromatic heterocycles. The Bertz CT molecular complexity index is 17.7. The van der Waals surface area contributed by atoms with Crippen LogP contribution in [0, 0.1) is 44.1 Å². The van der Waals surface area contributed by atoms with Gasteiger partial charge in [-0.25, -0.2) is 0 Å². The van der Waals surface area contributed by atoms with E-state index in [0.29, 0.717) is 0 Å². The van der Waals surface area contributed by atoms with E-state index < -0.39 is 0 Å². The maximum absolute atomic E-state index is 8.93. The molecule has 0 fully saturated rings. The Morgan fingerprint density at radius 3 is 0.700 bits per heavy atom. The van der Waals surface area contributed by atoms with Gasteiger partial charge >= 0.3 is 44.1 Å². The molecule has 0 aromatic rings. The van der Waals surface area contributed by atoms with Crippen molar-refractivity contribution in [2.45, 2.75) is 20.8 Å². The van der Waals surface area contributed by atoms with Crippen molar-refractivity contribution in [3.8, 4) is 0 Å². The first-order valence-electron chi connectivity index (χ1n) is 2.99. The molecule has 0 aliphatic heterocycles. The molecule has 0 spiro atoms. The van der Waals surface area contributed by atoms with E-state index in [1.54, 1.807) is 20.8 Å². The van der Waals surface area contributed by atoms with E-state index in [-0.39, 0.29) is 63.9 Å². The van der Waals surface area contributed by atoms with Gasteiger partial charge in [0.05, 0.1) is 0 Å². The van der Waals surface area contributed by atoms with E-state index in [1.807, 2.05) is 0 Å². The van der Waals surface area contributed by atoms with Gasteiger partial charge in [0, 0.05) is 0 Å². The number of rotatable bonds is 0. The second-order valence-corrected chi connectivity index (χ2v) is 0.866. The fourth-order valence-electron chi connectivity index (χ4n) is 0. The Kier molecular flexibility index (Phi) is 108. The molecular formula is C6H15AcO3. The summed E-state index contributed by atoms with van der Waals surface area (Å²) in [5.41, 5.74) is 0. The van der Waals surface area contributed by atoms with Crippen LogP contribution >= 0.6 is 0 Å². The van der Waals surface area contributed by atoms with Crippen LogP contribution in [0.25, 0.3) is 0 Å². The minimum absolute atomic E-state index is 0. The van der Waals surface area contributed by atoms with E-state index in [4.69, 9.17) is 15.3 Å². The Balaban J connectivity index is -0.0000000257. The fraction of sp³-hybridized carbons (Fsp3) is 1.00. The molecule has 0 saturated carbocycles. The summed E-state index contributed by atoms with van der Waals surface area (Å²) < 4.78 is 0. The predicted octanol–water partition coefficient (Wildman–Crippen LogP) is -1.90. The summed E-state index contributed by atoms with van der Waals surface area (Å²) in [6.45, 7) is 4.71. The summed E-state index contributed by atoms with van der Waals surface area (Å²) >= 11 is 0. The van der Waals surface area contributed by atoms with Gasteiger partial charge in [0.15, 0.2) is 0 Å². The molecule has 0 rings (SSSR count). The van der Waals surface area contributed by atoms with E-state index in [1.165, 1.54) is 0 Å². The average molecular weight is 362 g/mol. The van der Waals surface area contributed by atoms with E-state index in [9.17, 15) is 0 Å². The summed E-state index contributed by atoms with van der Waals surface area (Å²) in [7, 11) is 0. The zero-order valence-electron chi connectivity index (χ0n) is 6.92. The van der Waals surface area contributed by atoms with Gasteiger partial charge in [0.1, 0.15) is 0 Å². The zero-order chi connectivity index (χ0) is 8.12. The molecule has 60 valence electrons. The van der Waals surface area contributed by atoms with Crippen LogP contribution in [0.1, 0.15) is 20.8 Å². The SMILES string of the molecule is CC[O-].CC[O-].CC[O-].[Ac+3]. The molecule has 0 heterocycles. The molecule has 4 heteroatoms. The molecule has 0 N–H and O–H groups in total. The first-order valence-corrected chi connectivity index (χ1v) is 2.99. The van der Waals surface area contributed by atoms with E-state index in [2.05, 4.69) is 0 Å². The van der Waals surface area contributed by atoms with Gasteiger partial charge in [-0.3, -0.25) is 0 Å². The van der Waals surface area contributed by atoms with Gasteiger partial charge in [-0.15, -0.1) is 19.8 Å². The van der Waals surface area contributed by atoms with E-state index in [0.717, 1.165) is 0 Å². The average Bonchev–Trinajstić information content (AvgIpc) is 1.70. The topological polar surface area (TPSA) is 69.2 Å². The first-order chi connectivity index (χ1) is 4.24. The largest absolute Gasteiger partial charge is 3.00 e. The van der Waals surface area contributed by atoms with Crippen molar-refractivity contribution in [1.29, 1.82) is 0 Å². The minimum Gasteiger partial charge on any atom is -0.855 e. The van der Waals surface area contributed by atoms with Crippen LogP contribution in [-0.2, 0) is 0 Å². The molecule has 0 bridgehead atoms. The van der Waals surface area contributed by atoms with Gasteiger partial charge in [-0.1, -0.05) is 20.8 Å². The Hall–Kier alpha value is 1.32. The van der Waals surface area contributed by atoms with Crippen LogP contribution in [0.2, 0.25) is 0 Å². The third kappa shape index (κ3) is 370. The molecule has 0 aromatic carbocycles. The van der Waals surface area contributed by atoms with Gasteiger partial charge in [-0.05, 0) is 0 Å². The monoisotopic (exact) mass is 362 g/mol. The standard InChI is InChI=1S/3C2H5O.Ac/c3*1-2-3;/h3*2H2,1H3;/q3*-1;+3. The molecule has 0 amide bonds. The van der Waals surface area contributed by atoms with Crippen LogP contribution < -0.4 is 15.3 Å². The summed E-state index contributed by atoms with van der Waals surface area (Å²) in [6.07, 6.45) is 0. The van der Waals surface area contributed by atoms with Crippen molar-refractivity contribution < 1.29 is 59.4 Å². The zero-order valence-corrected chi connectivity index (χ0v) is 11.7. The number of hydrogen-bond donors (Lipinski definition) is 0. The molecule has 3 nitrogen and oxygen atoms in total. The quantitative estimate of drug-likeness (QED) is 0.506.